The van der Waals surface area contributed by atoms with E-state index in [1.807, 2.05) is 23.5 Å². The fourth-order valence-corrected chi connectivity index (χ4v) is 8.81. The average molecular weight is 618 g/mol. The molecule has 0 fully saturated rings. The van der Waals surface area contributed by atoms with Crippen molar-refractivity contribution in [2.75, 3.05) is 0 Å². The Labute approximate surface area is 271 Å². The molecule has 0 radical (unpaired) electrons. The maximum Gasteiger partial charge on any atom is 0.238 e. The SMILES string of the molecule is c1ccc2c(c1)ccc1c2c2ccc3ccccc3c2n1-c1nc(-c2cccc3c2sc2ccccc23)c2c(n1)oc1ccccc12. The molecular weight excluding hydrogens is 595 g/mol. The number of para-hydroxylation sites is 1. The zero-order valence-corrected chi connectivity index (χ0v) is 25.8. The van der Waals surface area contributed by atoms with Gasteiger partial charge >= 0.3 is 0 Å². The lowest BCUT2D eigenvalue weighted by Gasteiger charge is -2.11. The van der Waals surface area contributed by atoms with Crippen LogP contribution < -0.4 is 0 Å². The van der Waals surface area contributed by atoms with Gasteiger partial charge < -0.3 is 4.42 Å². The Morgan fingerprint density at radius 2 is 1.21 bits per heavy atom. The Bertz CT molecular complexity index is 3090. The monoisotopic (exact) mass is 617 g/mol. The van der Waals surface area contributed by atoms with Gasteiger partial charge in [-0.3, -0.25) is 4.57 Å². The van der Waals surface area contributed by atoms with Gasteiger partial charge in [0, 0.05) is 47.3 Å². The minimum absolute atomic E-state index is 0.584. The second-order valence-corrected chi connectivity index (χ2v) is 13.2. The van der Waals surface area contributed by atoms with E-state index in [-0.39, 0.29) is 0 Å². The molecule has 0 atom stereocenters. The van der Waals surface area contributed by atoms with E-state index in [2.05, 4.69) is 132 Å². The van der Waals surface area contributed by atoms with Crippen molar-refractivity contribution in [3.63, 3.8) is 0 Å². The number of hydrogen-bond donors (Lipinski definition) is 0. The van der Waals surface area contributed by atoms with Gasteiger partial charge in [0.15, 0.2) is 0 Å². The van der Waals surface area contributed by atoms with Gasteiger partial charge in [0.2, 0.25) is 11.7 Å². The van der Waals surface area contributed by atoms with Gasteiger partial charge in [-0.1, -0.05) is 121 Å². The third kappa shape index (κ3) is 3.41. The third-order valence-electron chi connectivity index (χ3n) is 9.63. The van der Waals surface area contributed by atoms with Crippen molar-refractivity contribution in [3.8, 4) is 17.2 Å². The summed E-state index contributed by atoms with van der Waals surface area (Å²) in [4.78, 5) is 10.8. The quantitative estimate of drug-likeness (QED) is 0.194. The number of hydrogen-bond acceptors (Lipinski definition) is 4. The van der Waals surface area contributed by atoms with Crippen molar-refractivity contribution in [3.05, 3.63) is 140 Å². The van der Waals surface area contributed by atoms with Gasteiger partial charge in [0.05, 0.1) is 22.1 Å². The molecule has 0 unspecified atom stereocenters. The van der Waals surface area contributed by atoms with E-state index in [9.17, 15) is 0 Å². The molecule has 4 aromatic heterocycles. The van der Waals surface area contributed by atoms with Crippen LogP contribution in [0.3, 0.4) is 0 Å². The van der Waals surface area contributed by atoms with E-state index in [0.29, 0.717) is 11.7 Å². The van der Waals surface area contributed by atoms with Gasteiger partial charge in [-0.15, -0.1) is 11.3 Å². The highest BCUT2D eigenvalue weighted by molar-refractivity contribution is 7.26. The van der Waals surface area contributed by atoms with Gasteiger partial charge in [0.25, 0.3) is 0 Å². The lowest BCUT2D eigenvalue weighted by molar-refractivity contribution is 0.651. The fraction of sp³-hybridized carbons (Fsp3) is 0. The summed E-state index contributed by atoms with van der Waals surface area (Å²) in [7, 11) is 0. The first-order valence-corrected chi connectivity index (χ1v) is 16.6. The fourth-order valence-electron chi connectivity index (χ4n) is 7.60. The van der Waals surface area contributed by atoms with Crippen LogP contribution in [0.1, 0.15) is 0 Å². The van der Waals surface area contributed by atoms with Crippen molar-refractivity contribution in [2.45, 2.75) is 0 Å². The van der Waals surface area contributed by atoms with E-state index < -0.39 is 0 Å². The second kappa shape index (κ2) is 9.25. The number of benzene rings is 7. The van der Waals surface area contributed by atoms with Crippen LogP contribution in [0.15, 0.2) is 144 Å². The van der Waals surface area contributed by atoms with Gasteiger partial charge in [-0.25, -0.2) is 4.98 Å². The van der Waals surface area contributed by atoms with Crippen LogP contribution in [0, 0.1) is 0 Å². The third-order valence-corrected chi connectivity index (χ3v) is 10.8. The van der Waals surface area contributed by atoms with Gasteiger partial charge in [0.1, 0.15) is 5.58 Å². The van der Waals surface area contributed by atoms with E-state index in [1.165, 1.54) is 47.1 Å². The van der Waals surface area contributed by atoms with E-state index in [1.54, 1.807) is 0 Å². The molecule has 4 heterocycles. The Morgan fingerprint density at radius 1 is 0.511 bits per heavy atom. The zero-order valence-electron chi connectivity index (χ0n) is 24.9. The van der Waals surface area contributed by atoms with Crippen molar-refractivity contribution in [1.82, 2.24) is 14.5 Å². The smallest absolute Gasteiger partial charge is 0.238 e. The molecule has 0 bridgehead atoms. The highest BCUT2D eigenvalue weighted by Crippen LogP contribution is 2.44. The first kappa shape index (κ1) is 25.2. The van der Waals surface area contributed by atoms with Crippen LogP contribution in [0.2, 0.25) is 0 Å². The number of rotatable bonds is 2. The van der Waals surface area contributed by atoms with E-state index >= 15 is 0 Å². The summed E-state index contributed by atoms with van der Waals surface area (Å²) in [6.07, 6.45) is 0. The number of fused-ring (bicyclic) bond motifs is 13. The standard InChI is InChI=1S/C42H23N3OS/c1-3-12-26-24(10-1)21-23-33-36(26)31-22-20-25-11-2-4-13-27(25)39(31)45(33)42-43-38(37-30-15-5-7-18-34(30)46-41(37)44-42)32-17-9-16-29-28-14-6-8-19-35(28)47-40(29)32/h1-23H. The molecule has 47 heavy (non-hydrogen) atoms. The minimum atomic E-state index is 0.584. The first-order chi connectivity index (χ1) is 23.3. The van der Waals surface area contributed by atoms with Crippen molar-refractivity contribution < 1.29 is 4.42 Å². The summed E-state index contributed by atoms with van der Waals surface area (Å²) in [5.74, 6) is 0.594. The molecule has 0 N–H and O–H groups in total. The lowest BCUT2D eigenvalue weighted by Crippen LogP contribution is -2.03. The van der Waals surface area contributed by atoms with Crippen LogP contribution in [0.25, 0.3) is 103 Å². The number of aromatic nitrogens is 3. The molecule has 4 nitrogen and oxygen atoms in total. The molecule has 5 heteroatoms. The average Bonchev–Trinajstić information content (AvgIpc) is 3.81. The molecule has 218 valence electrons. The summed E-state index contributed by atoms with van der Waals surface area (Å²) in [5.41, 5.74) is 5.51. The number of thiophene rings is 1. The van der Waals surface area contributed by atoms with E-state index in [0.717, 1.165) is 44.0 Å². The van der Waals surface area contributed by atoms with Crippen LogP contribution >= 0.6 is 11.3 Å². The van der Waals surface area contributed by atoms with E-state index in [4.69, 9.17) is 14.4 Å². The molecular formula is C42H23N3OS. The summed E-state index contributed by atoms with van der Waals surface area (Å²) in [6.45, 7) is 0. The van der Waals surface area contributed by atoms with Crippen molar-refractivity contribution in [1.29, 1.82) is 0 Å². The molecule has 11 aromatic rings. The van der Waals surface area contributed by atoms with Crippen molar-refractivity contribution in [2.24, 2.45) is 0 Å². The summed E-state index contributed by atoms with van der Waals surface area (Å²) < 4.78 is 11.3. The topological polar surface area (TPSA) is 43.9 Å². The normalized spacial score (nSPS) is 12.3. The summed E-state index contributed by atoms with van der Waals surface area (Å²) in [5, 5.41) is 11.6. The molecule has 0 saturated carbocycles. The predicted octanol–water partition coefficient (Wildman–Crippen LogP) is 11.8. The van der Waals surface area contributed by atoms with Crippen LogP contribution in [0.5, 0.6) is 0 Å². The Hall–Kier alpha value is -6.04. The highest BCUT2D eigenvalue weighted by atomic mass is 32.1. The Kier molecular flexibility index (Phi) is 4.96. The summed E-state index contributed by atoms with van der Waals surface area (Å²) in [6, 6.07) is 49.5. The van der Waals surface area contributed by atoms with Crippen LogP contribution in [-0.4, -0.2) is 14.5 Å². The van der Waals surface area contributed by atoms with Gasteiger partial charge in [-0.05, 0) is 34.4 Å². The van der Waals surface area contributed by atoms with Gasteiger partial charge in [-0.2, -0.15) is 4.98 Å². The molecule has 0 aliphatic heterocycles. The Balaban J connectivity index is 1.34. The maximum absolute atomic E-state index is 6.55. The maximum atomic E-state index is 6.55. The highest BCUT2D eigenvalue weighted by Gasteiger charge is 2.24. The second-order valence-electron chi connectivity index (χ2n) is 12.1. The van der Waals surface area contributed by atoms with Crippen molar-refractivity contribution >= 4 is 96.9 Å². The number of furan rings is 1. The molecule has 0 aliphatic rings. The zero-order chi connectivity index (χ0) is 30.6. The van der Waals surface area contributed by atoms with Crippen LogP contribution in [0.4, 0.5) is 0 Å². The molecule has 0 spiro atoms. The molecule has 0 amide bonds. The predicted molar refractivity (Wildman–Crippen MR) is 197 cm³/mol. The molecule has 7 aromatic carbocycles. The largest absolute Gasteiger partial charge is 0.437 e. The summed E-state index contributed by atoms with van der Waals surface area (Å²) >= 11 is 1.81. The minimum Gasteiger partial charge on any atom is -0.437 e. The molecule has 0 aliphatic carbocycles. The number of nitrogens with zero attached hydrogens (tertiary/aromatic N) is 3. The Morgan fingerprint density at radius 3 is 2.11 bits per heavy atom. The molecule has 11 rings (SSSR count). The van der Waals surface area contributed by atoms with Crippen LogP contribution in [-0.2, 0) is 0 Å². The lowest BCUT2D eigenvalue weighted by atomic mass is 10.0. The molecule has 0 saturated heterocycles. The first-order valence-electron chi connectivity index (χ1n) is 15.8.